The predicted octanol–water partition coefficient (Wildman–Crippen LogP) is 4.21. The highest BCUT2D eigenvalue weighted by atomic mass is 79.9. The van der Waals surface area contributed by atoms with Crippen LogP contribution in [0, 0.1) is 0 Å². The summed E-state index contributed by atoms with van der Waals surface area (Å²) in [5.74, 6) is 0. The lowest BCUT2D eigenvalue weighted by atomic mass is 10.2. The van der Waals surface area contributed by atoms with Crippen LogP contribution < -0.4 is 10.2 Å². The molecule has 0 aliphatic heterocycles. The van der Waals surface area contributed by atoms with Crippen molar-refractivity contribution in [1.29, 1.82) is 0 Å². The third-order valence-corrected chi connectivity index (χ3v) is 4.99. The van der Waals surface area contributed by atoms with Gasteiger partial charge in [-0.05, 0) is 31.2 Å². The van der Waals surface area contributed by atoms with Crippen molar-refractivity contribution in [2.75, 3.05) is 19.0 Å². The molecular formula is C16H22BrN3S. The normalized spacial score (nSPS) is 10.9. The monoisotopic (exact) mass is 367 g/mol. The highest BCUT2D eigenvalue weighted by molar-refractivity contribution is 9.10. The van der Waals surface area contributed by atoms with Crippen LogP contribution in [0.3, 0.4) is 0 Å². The summed E-state index contributed by atoms with van der Waals surface area (Å²) in [7, 11) is 4.10. The molecule has 0 aliphatic carbocycles. The fraction of sp³-hybridized carbons (Fsp3) is 0.438. The molecule has 5 heteroatoms. The average molecular weight is 368 g/mol. The molecule has 114 valence electrons. The van der Waals surface area contributed by atoms with Gasteiger partial charge in [0.15, 0.2) is 5.13 Å². The van der Waals surface area contributed by atoms with E-state index in [1.165, 1.54) is 16.1 Å². The maximum Gasteiger partial charge on any atom is 0.185 e. The molecule has 0 bridgehead atoms. The van der Waals surface area contributed by atoms with Crippen LogP contribution in [0.2, 0.25) is 0 Å². The third-order valence-electron chi connectivity index (χ3n) is 3.25. The molecular weight excluding hydrogens is 346 g/mol. The molecule has 0 spiro atoms. The minimum Gasteiger partial charge on any atom is -0.347 e. The largest absolute Gasteiger partial charge is 0.347 e. The van der Waals surface area contributed by atoms with Crippen LogP contribution in [0.5, 0.6) is 0 Å². The Labute approximate surface area is 139 Å². The van der Waals surface area contributed by atoms with Crippen molar-refractivity contribution in [1.82, 2.24) is 10.3 Å². The SMILES string of the molecule is CCCc1nc(N(C)Cc2ccc(Br)cc2)sc1CNC. The molecule has 0 saturated heterocycles. The molecule has 21 heavy (non-hydrogen) atoms. The molecule has 0 aliphatic rings. The second kappa shape index (κ2) is 7.92. The van der Waals surface area contributed by atoms with E-state index in [-0.39, 0.29) is 0 Å². The number of hydrogen-bond donors (Lipinski definition) is 1. The van der Waals surface area contributed by atoms with Crippen molar-refractivity contribution in [3.05, 3.63) is 44.9 Å². The summed E-state index contributed by atoms with van der Waals surface area (Å²) < 4.78 is 1.12. The minimum atomic E-state index is 0.880. The molecule has 2 rings (SSSR count). The summed E-state index contributed by atoms with van der Waals surface area (Å²) in [5.41, 5.74) is 2.54. The van der Waals surface area contributed by atoms with E-state index in [4.69, 9.17) is 4.98 Å². The highest BCUT2D eigenvalue weighted by Crippen LogP contribution is 2.27. The van der Waals surface area contributed by atoms with Gasteiger partial charge in [-0.25, -0.2) is 4.98 Å². The van der Waals surface area contributed by atoms with Gasteiger partial charge in [-0.15, -0.1) is 11.3 Å². The standard InChI is InChI=1S/C16H22BrN3S/c1-4-5-14-15(10-18-2)21-16(19-14)20(3)11-12-6-8-13(17)9-7-12/h6-9,18H,4-5,10-11H2,1-3H3. The highest BCUT2D eigenvalue weighted by Gasteiger charge is 2.13. The third kappa shape index (κ3) is 4.53. The topological polar surface area (TPSA) is 28.2 Å². The predicted molar refractivity (Wildman–Crippen MR) is 95.1 cm³/mol. The Bertz CT molecular complexity index is 542. The minimum absolute atomic E-state index is 0.880. The summed E-state index contributed by atoms with van der Waals surface area (Å²) in [6, 6.07) is 8.46. The number of hydrogen-bond acceptors (Lipinski definition) is 4. The first-order valence-electron chi connectivity index (χ1n) is 7.22. The number of benzene rings is 1. The summed E-state index contributed by atoms with van der Waals surface area (Å²) >= 11 is 5.27. The molecule has 1 N–H and O–H groups in total. The van der Waals surface area contributed by atoms with E-state index in [2.05, 4.69) is 64.4 Å². The first-order chi connectivity index (χ1) is 10.1. The quantitative estimate of drug-likeness (QED) is 0.793. The molecule has 3 nitrogen and oxygen atoms in total. The Kier molecular flexibility index (Phi) is 6.21. The Balaban J connectivity index is 2.12. The lowest BCUT2D eigenvalue weighted by Gasteiger charge is -2.15. The number of thiazole rings is 1. The van der Waals surface area contributed by atoms with Crippen LogP contribution in [0.4, 0.5) is 5.13 Å². The van der Waals surface area contributed by atoms with Crippen molar-refractivity contribution in [2.24, 2.45) is 0 Å². The fourth-order valence-electron chi connectivity index (χ4n) is 2.20. The van der Waals surface area contributed by atoms with E-state index in [1.54, 1.807) is 11.3 Å². The van der Waals surface area contributed by atoms with Gasteiger partial charge < -0.3 is 10.2 Å². The Morgan fingerprint density at radius 2 is 2.00 bits per heavy atom. The zero-order valence-corrected chi connectivity index (χ0v) is 15.2. The van der Waals surface area contributed by atoms with Crippen molar-refractivity contribution in [2.45, 2.75) is 32.9 Å². The first kappa shape index (κ1) is 16.5. The zero-order valence-electron chi connectivity index (χ0n) is 12.8. The van der Waals surface area contributed by atoms with E-state index >= 15 is 0 Å². The van der Waals surface area contributed by atoms with Crippen LogP contribution in [0.1, 0.15) is 29.5 Å². The number of rotatable bonds is 7. The Hall–Kier alpha value is -0.910. The molecule has 0 saturated carbocycles. The van der Waals surface area contributed by atoms with Gasteiger partial charge in [-0.3, -0.25) is 0 Å². The number of nitrogens with one attached hydrogen (secondary N) is 1. The van der Waals surface area contributed by atoms with Gasteiger partial charge in [-0.1, -0.05) is 41.4 Å². The van der Waals surface area contributed by atoms with Crippen molar-refractivity contribution >= 4 is 32.4 Å². The van der Waals surface area contributed by atoms with Crippen LogP contribution in [-0.2, 0) is 19.5 Å². The Morgan fingerprint density at radius 3 is 2.62 bits per heavy atom. The number of halogens is 1. The van der Waals surface area contributed by atoms with E-state index in [0.29, 0.717) is 0 Å². The van der Waals surface area contributed by atoms with Crippen molar-refractivity contribution in [3.63, 3.8) is 0 Å². The molecule has 0 fully saturated rings. The van der Waals surface area contributed by atoms with Crippen LogP contribution in [0.25, 0.3) is 0 Å². The second-order valence-electron chi connectivity index (χ2n) is 5.13. The molecule has 1 aromatic carbocycles. The Morgan fingerprint density at radius 1 is 1.29 bits per heavy atom. The van der Waals surface area contributed by atoms with Crippen LogP contribution in [-0.4, -0.2) is 19.1 Å². The number of aromatic nitrogens is 1. The maximum absolute atomic E-state index is 4.83. The summed E-state index contributed by atoms with van der Waals surface area (Å²) in [5, 5.41) is 4.34. The number of nitrogens with zero attached hydrogens (tertiary/aromatic N) is 2. The fourth-order valence-corrected chi connectivity index (χ4v) is 3.54. The number of anilines is 1. The van der Waals surface area contributed by atoms with Gasteiger partial charge in [0.2, 0.25) is 0 Å². The molecule has 1 heterocycles. The average Bonchev–Trinajstić information content (AvgIpc) is 2.86. The maximum atomic E-state index is 4.83. The summed E-state index contributed by atoms with van der Waals surface area (Å²) in [6.45, 7) is 3.98. The van der Waals surface area contributed by atoms with Gasteiger partial charge in [-0.2, -0.15) is 0 Å². The van der Waals surface area contributed by atoms with Gasteiger partial charge in [0, 0.05) is 29.5 Å². The van der Waals surface area contributed by atoms with E-state index < -0.39 is 0 Å². The number of aryl methyl sites for hydroxylation is 1. The van der Waals surface area contributed by atoms with Crippen LogP contribution >= 0.6 is 27.3 Å². The summed E-state index contributed by atoms with van der Waals surface area (Å²) in [4.78, 5) is 8.41. The van der Waals surface area contributed by atoms with Gasteiger partial charge in [0.05, 0.1) is 5.69 Å². The van der Waals surface area contributed by atoms with E-state index in [1.807, 2.05) is 7.05 Å². The zero-order chi connectivity index (χ0) is 15.2. The molecule has 1 aromatic heterocycles. The van der Waals surface area contributed by atoms with Gasteiger partial charge in [0.1, 0.15) is 0 Å². The van der Waals surface area contributed by atoms with Crippen molar-refractivity contribution < 1.29 is 0 Å². The lowest BCUT2D eigenvalue weighted by molar-refractivity contribution is 0.796. The smallest absolute Gasteiger partial charge is 0.185 e. The van der Waals surface area contributed by atoms with E-state index in [0.717, 1.165) is 35.5 Å². The van der Waals surface area contributed by atoms with Gasteiger partial charge >= 0.3 is 0 Å². The molecule has 0 radical (unpaired) electrons. The van der Waals surface area contributed by atoms with Crippen molar-refractivity contribution in [3.8, 4) is 0 Å². The molecule has 0 unspecified atom stereocenters. The first-order valence-corrected chi connectivity index (χ1v) is 8.83. The second-order valence-corrected chi connectivity index (χ2v) is 7.11. The van der Waals surface area contributed by atoms with E-state index in [9.17, 15) is 0 Å². The summed E-state index contributed by atoms with van der Waals surface area (Å²) in [6.07, 6.45) is 2.19. The van der Waals surface area contributed by atoms with Gasteiger partial charge in [0.25, 0.3) is 0 Å². The molecule has 0 atom stereocenters. The molecule has 0 amide bonds. The molecule has 2 aromatic rings. The van der Waals surface area contributed by atoms with Crippen LogP contribution in [0.15, 0.2) is 28.7 Å². The lowest BCUT2D eigenvalue weighted by Crippen LogP contribution is -2.16.